The summed E-state index contributed by atoms with van der Waals surface area (Å²) in [4.78, 5) is 30.1. The van der Waals surface area contributed by atoms with Crippen LogP contribution in [-0.4, -0.2) is 65.2 Å². The molecule has 0 fully saturated rings. The molecule has 0 aliphatic heterocycles. The smallest absolute Gasteiger partial charge is 0.208 e. The summed E-state index contributed by atoms with van der Waals surface area (Å²) in [6.45, 7) is 12.8. The molecule has 1 aromatic heterocycles. The molecule has 9 nitrogen and oxygen atoms in total. The molecule has 9 heteroatoms. The molecule has 1 atom stereocenters. The van der Waals surface area contributed by atoms with Crippen molar-refractivity contribution >= 4 is 12.1 Å². The van der Waals surface area contributed by atoms with Crippen molar-refractivity contribution in [1.29, 1.82) is 0 Å². The van der Waals surface area contributed by atoms with Crippen molar-refractivity contribution in [1.82, 2.24) is 15.2 Å². The zero-order valence-corrected chi connectivity index (χ0v) is 24.7. The fourth-order valence-electron chi connectivity index (χ4n) is 4.02. The van der Waals surface area contributed by atoms with Crippen molar-refractivity contribution in [3.8, 4) is 5.75 Å². The SMILES string of the molecule is CCOC.Cc1cc(CN(Cc2ncco2)CC(C)(O)NCC(=O)c2ccccc2)cc(C)c1OC(C)(C)C=O.[HH]. The van der Waals surface area contributed by atoms with Crippen LogP contribution < -0.4 is 10.1 Å². The van der Waals surface area contributed by atoms with E-state index in [4.69, 9.17) is 9.15 Å². The van der Waals surface area contributed by atoms with Gasteiger partial charge in [-0.25, -0.2) is 4.98 Å². The normalized spacial score (nSPS) is 12.8. The highest BCUT2D eigenvalue weighted by atomic mass is 16.5. The third-order valence-electron chi connectivity index (χ3n) is 5.96. The standard InChI is InChI=1S/C28H35N3O5.C3H8O.H2/c1-20-13-22(14-21(2)26(20)36-27(3,4)19-32)16-31(17-25-29-11-12-35-25)18-28(5,34)30-15-24(33)23-9-7-6-8-10-23;1-3-4-2;/h6-14,19,30,34H,15-18H2,1-5H3;3H2,1-2H3;1H. The lowest BCUT2D eigenvalue weighted by Crippen LogP contribution is -2.52. The lowest BCUT2D eigenvalue weighted by Gasteiger charge is -2.32. The number of carbonyl (C=O) groups excluding carboxylic acids is 2. The van der Waals surface area contributed by atoms with Crippen LogP contribution in [0.5, 0.6) is 5.75 Å². The molecule has 3 rings (SSSR count). The van der Waals surface area contributed by atoms with Gasteiger partial charge in [-0.3, -0.25) is 19.8 Å². The van der Waals surface area contributed by atoms with Crippen LogP contribution in [0.25, 0.3) is 0 Å². The molecule has 220 valence electrons. The Morgan fingerprint density at radius 3 is 2.30 bits per heavy atom. The summed E-state index contributed by atoms with van der Waals surface area (Å²) in [6, 6.07) is 13.0. The van der Waals surface area contributed by atoms with Gasteiger partial charge in [0.2, 0.25) is 5.89 Å². The Hall–Kier alpha value is -3.37. The molecule has 0 aliphatic rings. The zero-order chi connectivity index (χ0) is 29.8. The predicted octanol–water partition coefficient (Wildman–Crippen LogP) is 4.73. The first-order valence-electron chi connectivity index (χ1n) is 13.3. The summed E-state index contributed by atoms with van der Waals surface area (Å²) in [5.41, 5.74) is 1.14. The van der Waals surface area contributed by atoms with Gasteiger partial charge in [0.25, 0.3) is 0 Å². The number of methoxy groups -OCH3 is 1. The molecule has 40 heavy (non-hydrogen) atoms. The minimum atomic E-state index is -1.35. The zero-order valence-electron chi connectivity index (χ0n) is 24.7. The number of carbonyl (C=O) groups is 2. The number of oxazole rings is 1. The van der Waals surface area contributed by atoms with Crippen LogP contribution in [-0.2, 0) is 22.6 Å². The number of ether oxygens (including phenoxy) is 2. The minimum Gasteiger partial charge on any atom is -0.480 e. The van der Waals surface area contributed by atoms with Crippen molar-refractivity contribution in [2.24, 2.45) is 0 Å². The van der Waals surface area contributed by atoms with E-state index in [2.05, 4.69) is 15.0 Å². The van der Waals surface area contributed by atoms with Crippen LogP contribution in [0.2, 0.25) is 0 Å². The second-order valence-electron chi connectivity index (χ2n) is 10.4. The molecule has 2 aromatic carbocycles. The summed E-state index contributed by atoms with van der Waals surface area (Å²) in [7, 11) is 1.68. The van der Waals surface area contributed by atoms with E-state index in [1.807, 2.05) is 56.0 Å². The van der Waals surface area contributed by atoms with E-state index in [9.17, 15) is 14.7 Å². The third-order valence-corrected chi connectivity index (χ3v) is 5.96. The van der Waals surface area contributed by atoms with Gasteiger partial charge in [0, 0.05) is 33.8 Å². The molecule has 0 aliphatic carbocycles. The molecular weight excluding hydrogens is 510 g/mol. The third kappa shape index (κ3) is 11.0. The molecule has 0 saturated heterocycles. The fourth-order valence-corrected chi connectivity index (χ4v) is 4.02. The molecule has 0 bridgehead atoms. The van der Waals surface area contributed by atoms with Gasteiger partial charge in [-0.05, 0) is 58.2 Å². The number of nitrogens with one attached hydrogen (secondary N) is 1. The summed E-state index contributed by atoms with van der Waals surface area (Å²) in [5, 5.41) is 14.1. The number of hydrogen-bond acceptors (Lipinski definition) is 9. The van der Waals surface area contributed by atoms with Gasteiger partial charge >= 0.3 is 0 Å². The number of rotatable bonds is 14. The first-order valence-corrected chi connectivity index (χ1v) is 13.3. The number of aryl methyl sites for hydroxylation is 2. The average molecular weight is 556 g/mol. The largest absolute Gasteiger partial charge is 0.480 e. The lowest BCUT2D eigenvalue weighted by atomic mass is 10.0. The topological polar surface area (TPSA) is 114 Å². The summed E-state index contributed by atoms with van der Waals surface area (Å²) < 4.78 is 15.9. The second kappa shape index (κ2) is 15.4. The van der Waals surface area contributed by atoms with E-state index in [-0.39, 0.29) is 20.3 Å². The van der Waals surface area contributed by atoms with Crippen molar-refractivity contribution in [3.63, 3.8) is 0 Å². The molecule has 2 N–H and O–H groups in total. The van der Waals surface area contributed by atoms with Crippen molar-refractivity contribution in [2.75, 3.05) is 26.8 Å². The van der Waals surface area contributed by atoms with Gasteiger partial charge in [0.1, 0.15) is 17.7 Å². The van der Waals surface area contributed by atoms with E-state index >= 15 is 0 Å². The summed E-state index contributed by atoms with van der Waals surface area (Å²) >= 11 is 0. The lowest BCUT2D eigenvalue weighted by molar-refractivity contribution is -0.119. The van der Waals surface area contributed by atoms with Gasteiger partial charge in [0.05, 0.1) is 19.3 Å². The highest BCUT2D eigenvalue weighted by Crippen LogP contribution is 2.29. The molecule has 1 heterocycles. The van der Waals surface area contributed by atoms with Gasteiger partial charge in [-0.1, -0.05) is 42.5 Å². The maximum Gasteiger partial charge on any atom is 0.208 e. The Morgan fingerprint density at radius 1 is 1.15 bits per heavy atom. The minimum absolute atomic E-state index is 0. The Balaban J connectivity index is 0.00000157. The predicted molar refractivity (Wildman–Crippen MR) is 156 cm³/mol. The van der Waals surface area contributed by atoms with Crippen LogP contribution in [0.4, 0.5) is 0 Å². The Labute approximate surface area is 239 Å². The number of benzene rings is 2. The van der Waals surface area contributed by atoms with Crippen molar-refractivity contribution in [3.05, 3.63) is 83.1 Å². The van der Waals surface area contributed by atoms with Crippen molar-refractivity contribution in [2.45, 2.75) is 66.0 Å². The monoisotopic (exact) mass is 555 g/mol. The fraction of sp³-hybridized carbons (Fsp3) is 0.452. The van der Waals surface area contributed by atoms with Crippen LogP contribution in [0, 0.1) is 13.8 Å². The molecule has 0 radical (unpaired) electrons. The number of ketones is 1. The molecule has 0 saturated carbocycles. The number of aliphatic hydroxyl groups is 1. The maximum atomic E-state index is 12.5. The first kappa shape index (κ1) is 32.8. The first-order chi connectivity index (χ1) is 18.9. The molecule has 0 spiro atoms. The van der Waals surface area contributed by atoms with Gasteiger partial charge < -0.3 is 19.0 Å². The Bertz CT molecular complexity index is 1170. The van der Waals surface area contributed by atoms with Crippen LogP contribution in [0.1, 0.15) is 62.1 Å². The molecule has 3 aromatic rings. The Morgan fingerprint density at radius 2 is 1.77 bits per heavy atom. The average Bonchev–Trinajstić information content (AvgIpc) is 3.43. The van der Waals surface area contributed by atoms with Crippen molar-refractivity contribution < 1.29 is 30.0 Å². The van der Waals surface area contributed by atoms with E-state index in [1.54, 1.807) is 46.2 Å². The second-order valence-corrected chi connectivity index (χ2v) is 10.4. The summed E-state index contributed by atoms with van der Waals surface area (Å²) in [6.07, 6.45) is 3.88. The van der Waals surface area contributed by atoms with E-state index in [0.717, 1.165) is 29.6 Å². The number of aromatic nitrogens is 1. The van der Waals surface area contributed by atoms with Gasteiger partial charge in [-0.2, -0.15) is 0 Å². The highest BCUT2D eigenvalue weighted by Gasteiger charge is 2.26. The van der Waals surface area contributed by atoms with E-state index < -0.39 is 11.3 Å². The highest BCUT2D eigenvalue weighted by molar-refractivity contribution is 5.97. The quantitative estimate of drug-likeness (QED) is 0.166. The number of nitrogens with zero attached hydrogens (tertiary/aromatic N) is 2. The van der Waals surface area contributed by atoms with Gasteiger partial charge in [0.15, 0.2) is 17.7 Å². The summed E-state index contributed by atoms with van der Waals surface area (Å²) in [5.74, 6) is 1.10. The molecule has 1 unspecified atom stereocenters. The molecule has 0 amide bonds. The molecular formula is C31H45N3O6. The van der Waals surface area contributed by atoms with Crippen LogP contribution in [0.15, 0.2) is 59.3 Å². The Kier molecular flexibility index (Phi) is 12.7. The van der Waals surface area contributed by atoms with E-state index in [0.29, 0.717) is 30.3 Å². The maximum absolute atomic E-state index is 12.5. The van der Waals surface area contributed by atoms with Gasteiger partial charge in [-0.15, -0.1) is 0 Å². The number of aldehydes is 1. The number of Topliss-reactive ketones (excluding diaryl/α,β-unsaturated/α-hetero) is 1. The van der Waals surface area contributed by atoms with E-state index in [1.165, 1.54) is 6.26 Å². The van der Waals surface area contributed by atoms with Crippen LogP contribution >= 0.6 is 0 Å². The van der Waals surface area contributed by atoms with Crippen LogP contribution in [0.3, 0.4) is 0 Å². The number of hydrogen-bond donors (Lipinski definition) is 2.